The SMILES string of the molecule is NC(=O)c1ccc(-c2ccc([C@H]3CN(C(=O)CCCc4ccc(F)cc4)CCO3)nc2)cc1. The number of ether oxygens (including phenoxy) is 1. The molecule has 2 N–H and O–H groups in total. The van der Waals surface area contributed by atoms with E-state index in [-0.39, 0.29) is 17.8 Å². The van der Waals surface area contributed by atoms with E-state index in [0.29, 0.717) is 38.1 Å². The van der Waals surface area contributed by atoms with Crippen molar-refractivity contribution in [2.45, 2.75) is 25.4 Å². The summed E-state index contributed by atoms with van der Waals surface area (Å²) in [5.74, 6) is -0.618. The van der Waals surface area contributed by atoms with Crippen LogP contribution in [0.25, 0.3) is 11.1 Å². The molecule has 0 aliphatic carbocycles. The molecule has 0 unspecified atom stereocenters. The first-order valence-electron chi connectivity index (χ1n) is 11.0. The number of pyridine rings is 1. The van der Waals surface area contributed by atoms with Gasteiger partial charge in [0.1, 0.15) is 11.9 Å². The maximum Gasteiger partial charge on any atom is 0.248 e. The number of primary amides is 1. The molecule has 33 heavy (non-hydrogen) atoms. The molecule has 3 aromatic rings. The number of amides is 2. The number of morpholine rings is 1. The second-order valence-electron chi connectivity index (χ2n) is 8.09. The largest absolute Gasteiger partial charge is 0.368 e. The van der Waals surface area contributed by atoms with Gasteiger partial charge < -0.3 is 15.4 Å². The van der Waals surface area contributed by atoms with Crippen molar-refractivity contribution < 1.29 is 18.7 Å². The average molecular weight is 448 g/mol. The molecule has 1 aliphatic heterocycles. The Balaban J connectivity index is 1.32. The molecule has 7 heteroatoms. The van der Waals surface area contributed by atoms with Crippen LogP contribution in [0.15, 0.2) is 66.9 Å². The summed E-state index contributed by atoms with van der Waals surface area (Å²) in [6.07, 6.45) is 3.39. The van der Waals surface area contributed by atoms with Gasteiger partial charge in [-0.25, -0.2) is 4.39 Å². The number of nitrogens with two attached hydrogens (primary N) is 1. The Morgan fingerprint density at radius 3 is 2.42 bits per heavy atom. The number of hydrogen-bond acceptors (Lipinski definition) is 4. The van der Waals surface area contributed by atoms with Crippen LogP contribution in [0.5, 0.6) is 0 Å². The van der Waals surface area contributed by atoms with Crippen LogP contribution >= 0.6 is 0 Å². The Morgan fingerprint density at radius 1 is 1.03 bits per heavy atom. The summed E-state index contributed by atoms with van der Waals surface area (Å²) >= 11 is 0. The molecule has 2 amide bonds. The van der Waals surface area contributed by atoms with Crippen molar-refractivity contribution in [2.24, 2.45) is 5.73 Å². The molecule has 6 nitrogen and oxygen atoms in total. The average Bonchev–Trinajstić information content (AvgIpc) is 2.85. The number of nitrogens with zero attached hydrogens (tertiary/aromatic N) is 2. The van der Waals surface area contributed by atoms with Crippen LogP contribution in [0, 0.1) is 5.82 Å². The van der Waals surface area contributed by atoms with Crippen LogP contribution in [0.2, 0.25) is 0 Å². The van der Waals surface area contributed by atoms with Crippen molar-refractivity contribution in [3.8, 4) is 11.1 Å². The molecule has 0 spiro atoms. The Labute approximate surface area is 192 Å². The van der Waals surface area contributed by atoms with Gasteiger partial charge in [-0.1, -0.05) is 30.3 Å². The molecule has 1 saturated heterocycles. The van der Waals surface area contributed by atoms with Crippen LogP contribution in [0.4, 0.5) is 4.39 Å². The van der Waals surface area contributed by atoms with Crippen LogP contribution in [-0.2, 0) is 16.0 Å². The third-order valence-electron chi connectivity index (χ3n) is 5.81. The lowest BCUT2D eigenvalue weighted by molar-refractivity contribution is -0.139. The summed E-state index contributed by atoms with van der Waals surface area (Å²) in [7, 11) is 0. The summed E-state index contributed by atoms with van der Waals surface area (Å²) in [6.45, 7) is 1.50. The van der Waals surface area contributed by atoms with Crippen molar-refractivity contribution in [3.63, 3.8) is 0 Å². The number of carbonyl (C=O) groups is 2. The Hall–Kier alpha value is -3.58. The molecule has 0 radical (unpaired) electrons. The van der Waals surface area contributed by atoms with E-state index in [1.54, 1.807) is 30.5 Å². The van der Waals surface area contributed by atoms with E-state index in [9.17, 15) is 14.0 Å². The highest BCUT2D eigenvalue weighted by atomic mass is 19.1. The Kier molecular flexibility index (Phi) is 7.10. The van der Waals surface area contributed by atoms with Gasteiger partial charge in [-0.3, -0.25) is 14.6 Å². The van der Waals surface area contributed by atoms with Gasteiger partial charge in [-0.2, -0.15) is 0 Å². The third-order valence-corrected chi connectivity index (χ3v) is 5.81. The molecular formula is C26H26FN3O3. The molecule has 0 bridgehead atoms. The summed E-state index contributed by atoms with van der Waals surface area (Å²) in [4.78, 5) is 30.3. The second kappa shape index (κ2) is 10.4. The first-order valence-corrected chi connectivity index (χ1v) is 11.0. The monoisotopic (exact) mass is 447 g/mol. The van der Waals surface area contributed by atoms with Crippen LogP contribution < -0.4 is 5.73 Å². The van der Waals surface area contributed by atoms with E-state index >= 15 is 0 Å². The van der Waals surface area contributed by atoms with Crippen molar-refractivity contribution in [2.75, 3.05) is 19.7 Å². The molecule has 2 heterocycles. The lowest BCUT2D eigenvalue weighted by Crippen LogP contribution is -2.42. The van der Waals surface area contributed by atoms with Crippen LogP contribution in [-0.4, -0.2) is 41.4 Å². The van der Waals surface area contributed by atoms with E-state index < -0.39 is 5.91 Å². The highest BCUT2D eigenvalue weighted by molar-refractivity contribution is 5.93. The van der Waals surface area contributed by atoms with E-state index in [1.165, 1.54) is 12.1 Å². The van der Waals surface area contributed by atoms with Gasteiger partial charge in [0.25, 0.3) is 0 Å². The zero-order chi connectivity index (χ0) is 23.2. The van der Waals surface area contributed by atoms with Gasteiger partial charge in [-0.05, 0) is 54.3 Å². The fourth-order valence-electron chi connectivity index (χ4n) is 3.90. The zero-order valence-electron chi connectivity index (χ0n) is 18.2. The van der Waals surface area contributed by atoms with E-state index in [2.05, 4.69) is 4.98 Å². The standard InChI is InChI=1S/C26H26FN3O3/c27-22-11-4-18(5-12-22)2-1-3-25(31)30-14-15-33-24(17-30)23-13-10-21(16-29-23)19-6-8-20(9-7-19)26(28)32/h4-13,16,24H,1-3,14-15,17H2,(H2,28,32)/t24-/m1/s1. The van der Waals surface area contributed by atoms with Crippen LogP contribution in [0.1, 0.15) is 40.6 Å². The predicted molar refractivity (Wildman–Crippen MR) is 123 cm³/mol. The normalized spacial score (nSPS) is 15.9. The number of aromatic nitrogens is 1. The number of carbonyl (C=O) groups excluding carboxylic acids is 2. The van der Waals surface area contributed by atoms with Crippen LogP contribution in [0.3, 0.4) is 0 Å². The summed E-state index contributed by atoms with van der Waals surface area (Å²) in [5, 5.41) is 0. The van der Waals surface area contributed by atoms with Gasteiger partial charge in [-0.15, -0.1) is 0 Å². The van der Waals surface area contributed by atoms with Crippen molar-refractivity contribution in [1.82, 2.24) is 9.88 Å². The zero-order valence-corrected chi connectivity index (χ0v) is 18.2. The first-order chi connectivity index (χ1) is 16.0. The number of halogens is 1. The van der Waals surface area contributed by atoms with E-state index in [1.807, 2.05) is 29.2 Å². The van der Waals surface area contributed by atoms with Gasteiger partial charge in [0.2, 0.25) is 11.8 Å². The minimum absolute atomic E-state index is 0.0940. The number of hydrogen-bond donors (Lipinski definition) is 1. The predicted octanol–water partition coefficient (Wildman–Crippen LogP) is 3.91. The van der Waals surface area contributed by atoms with E-state index in [4.69, 9.17) is 10.5 Å². The fraction of sp³-hybridized carbons (Fsp3) is 0.269. The van der Waals surface area contributed by atoms with Gasteiger partial charge in [0.05, 0.1) is 18.8 Å². The van der Waals surface area contributed by atoms with Gasteiger partial charge >= 0.3 is 0 Å². The summed E-state index contributed by atoms with van der Waals surface area (Å²) in [5.41, 5.74) is 9.40. The molecule has 4 rings (SSSR count). The molecule has 170 valence electrons. The maximum absolute atomic E-state index is 13.0. The Morgan fingerprint density at radius 2 is 1.76 bits per heavy atom. The molecule has 2 aromatic carbocycles. The highest BCUT2D eigenvalue weighted by Crippen LogP contribution is 2.25. The lowest BCUT2D eigenvalue weighted by atomic mass is 10.0. The van der Waals surface area contributed by atoms with Crippen molar-refractivity contribution >= 4 is 11.8 Å². The molecule has 1 fully saturated rings. The topological polar surface area (TPSA) is 85.5 Å². The first kappa shape index (κ1) is 22.6. The minimum atomic E-state index is -0.459. The Bertz CT molecular complexity index is 1100. The van der Waals surface area contributed by atoms with Crippen molar-refractivity contribution in [3.05, 3.63) is 89.5 Å². The molecule has 1 aliphatic rings. The number of rotatable bonds is 7. The van der Waals surface area contributed by atoms with Gasteiger partial charge in [0, 0.05) is 30.3 Å². The maximum atomic E-state index is 13.0. The second-order valence-corrected chi connectivity index (χ2v) is 8.09. The number of benzene rings is 2. The fourth-order valence-corrected chi connectivity index (χ4v) is 3.90. The smallest absolute Gasteiger partial charge is 0.248 e. The number of aryl methyl sites for hydroxylation is 1. The molecule has 1 aromatic heterocycles. The highest BCUT2D eigenvalue weighted by Gasteiger charge is 2.26. The summed E-state index contributed by atoms with van der Waals surface area (Å²) in [6, 6.07) is 17.3. The quantitative estimate of drug-likeness (QED) is 0.595. The van der Waals surface area contributed by atoms with Crippen molar-refractivity contribution in [1.29, 1.82) is 0 Å². The molecule has 1 atom stereocenters. The third kappa shape index (κ3) is 5.81. The van der Waals surface area contributed by atoms with E-state index in [0.717, 1.165) is 28.8 Å². The summed E-state index contributed by atoms with van der Waals surface area (Å²) < 4.78 is 18.9. The minimum Gasteiger partial charge on any atom is -0.368 e. The lowest BCUT2D eigenvalue weighted by Gasteiger charge is -2.32. The molecular weight excluding hydrogens is 421 g/mol. The molecule has 0 saturated carbocycles. The van der Waals surface area contributed by atoms with Gasteiger partial charge in [0.15, 0.2) is 0 Å².